The van der Waals surface area contributed by atoms with Gasteiger partial charge in [0.2, 0.25) is 0 Å². The molecule has 13 nitrogen and oxygen atoms in total. The fraction of sp³-hybridized carbons (Fsp3) is 0.250. The monoisotopic (exact) mass is 827 g/mol. The Kier molecular flexibility index (Phi) is 18.1. The molecule has 0 saturated carbocycles. The van der Waals surface area contributed by atoms with Gasteiger partial charge in [-0.3, -0.25) is 5.43 Å². The van der Waals surface area contributed by atoms with Crippen molar-refractivity contribution in [2.75, 3.05) is 31.9 Å². The van der Waals surface area contributed by atoms with Crippen molar-refractivity contribution in [3.8, 4) is 23.0 Å². The smallest absolute Gasteiger partial charge is 0.343 e. The van der Waals surface area contributed by atoms with Crippen molar-refractivity contribution < 1.29 is 47.6 Å². The van der Waals surface area contributed by atoms with E-state index in [2.05, 4.69) is 28.7 Å². The van der Waals surface area contributed by atoms with Crippen LogP contribution in [0.15, 0.2) is 134 Å². The molecule has 1 aromatic heterocycles. The first kappa shape index (κ1) is 44.8. The van der Waals surface area contributed by atoms with E-state index in [1.54, 1.807) is 60.7 Å². The van der Waals surface area contributed by atoms with Gasteiger partial charge in [0.05, 0.1) is 49.3 Å². The van der Waals surface area contributed by atoms with E-state index in [-0.39, 0.29) is 11.5 Å². The number of para-hydroxylation sites is 1. The normalized spacial score (nSPS) is 10.8. The number of hydrogen-bond donors (Lipinski definition) is 1. The number of carbonyl (C=O) groups is 4. The van der Waals surface area contributed by atoms with Gasteiger partial charge in [0.15, 0.2) is 0 Å². The van der Waals surface area contributed by atoms with E-state index in [1.165, 1.54) is 18.3 Å². The molecule has 0 saturated heterocycles. The highest BCUT2D eigenvalue weighted by Crippen LogP contribution is 2.26. The number of fused-ring (bicyclic) bond motifs is 1. The van der Waals surface area contributed by atoms with Crippen LogP contribution in [-0.4, -0.2) is 61.5 Å². The van der Waals surface area contributed by atoms with E-state index in [4.69, 9.17) is 28.4 Å². The SMILES string of the molecule is C=CC(=O)OCCCCCCOc1ccc(C(=O)Oc2ccc(OC(=O)c3ccc(OCCCCCCOC(=O)C=C)cc3)c(/C=N/Nc3ccc4ccccc4n3)c2)cc1. The number of aromatic nitrogens is 1. The average molecular weight is 828 g/mol. The molecule has 0 aliphatic rings. The van der Waals surface area contributed by atoms with Crippen molar-refractivity contribution in [3.05, 3.63) is 145 Å². The zero-order valence-electron chi connectivity index (χ0n) is 33.9. The minimum absolute atomic E-state index is 0.180. The third-order valence-corrected chi connectivity index (χ3v) is 8.99. The highest BCUT2D eigenvalue weighted by Gasteiger charge is 2.15. The third-order valence-electron chi connectivity index (χ3n) is 8.99. The molecule has 5 aromatic rings. The van der Waals surface area contributed by atoms with Gasteiger partial charge >= 0.3 is 23.9 Å². The summed E-state index contributed by atoms with van der Waals surface area (Å²) in [6, 6.07) is 29.3. The average Bonchev–Trinajstić information content (AvgIpc) is 3.29. The van der Waals surface area contributed by atoms with Crippen molar-refractivity contribution >= 4 is 46.8 Å². The molecule has 0 amide bonds. The van der Waals surface area contributed by atoms with Gasteiger partial charge in [0.1, 0.15) is 28.8 Å². The Hall–Kier alpha value is -7.28. The molecule has 0 radical (unpaired) electrons. The number of benzene rings is 4. The maximum atomic E-state index is 13.3. The molecule has 1 N–H and O–H groups in total. The molecule has 4 aromatic carbocycles. The lowest BCUT2D eigenvalue weighted by Crippen LogP contribution is -2.11. The molecule has 61 heavy (non-hydrogen) atoms. The number of hydrogen-bond acceptors (Lipinski definition) is 13. The molecule has 0 spiro atoms. The first-order chi connectivity index (χ1) is 29.8. The molecular weight excluding hydrogens is 779 g/mol. The molecular formula is C48H49N3O10. The van der Waals surface area contributed by atoms with Crippen molar-refractivity contribution in [2.45, 2.75) is 51.4 Å². The van der Waals surface area contributed by atoms with Gasteiger partial charge in [-0.15, -0.1) is 0 Å². The Morgan fingerprint density at radius 1 is 0.574 bits per heavy atom. The van der Waals surface area contributed by atoms with Crippen molar-refractivity contribution in [2.24, 2.45) is 5.10 Å². The largest absolute Gasteiger partial charge is 0.494 e. The standard InChI is InChI=1S/C48H49N3O10/c1-3-45(52)58-31-13-7-5-11-29-56-39-22-17-36(18-23-39)47(54)60-41-26-27-43(38(33-41)34-49-51-44-28-21-35-15-9-10-16-42(35)50-44)61-48(55)37-19-24-40(25-20-37)57-30-12-6-8-14-32-59-46(53)4-2/h3-4,9-10,15-28,33-34H,1-2,5-8,11-14,29-32H2,(H,50,51)/b49-34+. The van der Waals surface area contributed by atoms with Crippen LogP contribution in [0.1, 0.15) is 77.6 Å². The van der Waals surface area contributed by atoms with Crippen molar-refractivity contribution in [3.63, 3.8) is 0 Å². The summed E-state index contributed by atoms with van der Waals surface area (Å²) in [5.41, 5.74) is 4.67. The summed E-state index contributed by atoms with van der Waals surface area (Å²) in [5, 5.41) is 5.32. The predicted octanol–water partition coefficient (Wildman–Crippen LogP) is 9.46. The second kappa shape index (κ2) is 24.6. The Balaban J connectivity index is 1.16. The summed E-state index contributed by atoms with van der Waals surface area (Å²) in [6.45, 7) is 8.49. The number of carbonyl (C=O) groups excluding carboxylic acids is 4. The second-order valence-corrected chi connectivity index (χ2v) is 13.6. The molecule has 316 valence electrons. The van der Waals surface area contributed by atoms with Crippen LogP contribution in [0.5, 0.6) is 23.0 Å². The Bertz CT molecular complexity index is 2270. The lowest BCUT2D eigenvalue weighted by molar-refractivity contribution is -0.138. The van der Waals surface area contributed by atoms with E-state index in [1.807, 2.05) is 30.3 Å². The van der Waals surface area contributed by atoms with Gasteiger partial charge in [-0.25, -0.2) is 24.2 Å². The fourth-order valence-electron chi connectivity index (χ4n) is 5.74. The fourth-order valence-corrected chi connectivity index (χ4v) is 5.74. The van der Waals surface area contributed by atoms with E-state index in [9.17, 15) is 19.2 Å². The first-order valence-electron chi connectivity index (χ1n) is 20.1. The number of nitrogens with zero attached hydrogens (tertiary/aromatic N) is 2. The van der Waals surface area contributed by atoms with Crippen LogP contribution in [0, 0.1) is 0 Å². The predicted molar refractivity (Wildman–Crippen MR) is 232 cm³/mol. The molecule has 0 aliphatic heterocycles. The van der Waals surface area contributed by atoms with Crippen LogP contribution < -0.4 is 24.4 Å². The second-order valence-electron chi connectivity index (χ2n) is 13.6. The van der Waals surface area contributed by atoms with E-state index < -0.39 is 23.9 Å². The molecule has 13 heteroatoms. The highest BCUT2D eigenvalue weighted by atomic mass is 16.5. The minimum atomic E-state index is -0.610. The van der Waals surface area contributed by atoms with Crippen LogP contribution in [0.2, 0.25) is 0 Å². The topological polar surface area (TPSA) is 161 Å². The van der Waals surface area contributed by atoms with Gasteiger partial charge < -0.3 is 28.4 Å². The maximum absolute atomic E-state index is 13.3. The number of anilines is 1. The summed E-state index contributed by atoms with van der Waals surface area (Å²) in [7, 11) is 0. The van der Waals surface area contributed by atoms with Gasteiger partial charge in [-0.1, -0.05) is 31.4 Å². The molecule has 0 unspecified atom stereocenters. The van der Waals surface area contributed by atoms with Crippen LogP contribution in [0.3, 0.4) is 0 Å². The lowest BCUT2D eigenvalue weighted by Gasteiger charge is -2.11. The minimum Gasteiger partial charge on any atom is -0.494 e. The number of unbranched alkanes of at least 4 members (excludes halogenated alkanes) is 6. The summed E-state index contributed by atoms with van der Waals surface area (Å²) in [6.07, 6.45) is 10.6. The molecule has 0 aliphatic carbocycles. The van der Waals surface area contributed by atoms with Crippen LogP contribution >= 0.6 is 0 Å². The van der Waals surface area contributed by atoms with Crippen LogP contribution in [-0.2, 0) is 19.1 Å². The maximum Gasteiger partial charge on any atom is 0.343 e. The summed E-state index contributed by atoms with van der Waals surface area (Å²) in [4.78, 5) is 53.3. The first-order valence-corrected chi connectivity index (χ1v) is 20.1. The van der Waals surface area contributed by atoms with Crippen molar-refractivity contribution in [1.29, 1.82) is 0 Å². The van der Waals surface area contributed by atoms with Crippen LogP contribution in [0.4, 0.5) is 5.82 Å². The summed E-state index contributed by atoms with van der Waals surface area (Å²) < 4.78 is 33.1. The Labute approximate surface area is 355 Å². The van der Waals surface area contributed by atoms with E-state index in [0.717, 1.165) is 74.4 Å². The molecule has 0 fully saturated rings. The van der Waals surface area contributed by atoms with Gasteiger partial charge in [-0.2, -0.15) is 5.10 Å². The lowest BCUT2D eigenvalue weighted by atomic mass is 10.2. The molecule has 1 heterocycles. The quantitative estimate of drug-likeness (QED) is 0.0148. The number of esters is 4. The van der Waals surface area contributed by atoms with E-state index >= 15 is 0 Å². The molecule has 0 atom stereocenters. The van der Waals surface area contributed by atoms with Gasteiger partial charge in [-0.05, 0) is 136 Å². The number of hydrazone groups is 1. The Morgan fingerprint density at radius 3 is 1.67 bits per heavy atom. The zero-order chi connectivity index (χ0) is 43.1. The van der Waals surface area contributed by atoms with Gasteiger partial charge in [0.25, 0.3) is 0 Å². The number of pyridine rings is 1. The van der Waals surface area contributed by atoms with Crippen molar-refractivity contribution in [1.82, 2.24) is 4.98 Å². The van der Waals surface area contributed by atoms with Crippen LogP contribution in [0.25, 0.3) is 10.9 Å². The summed E-state index contributed by atoms with van der Waals surface area (Å²) in [5.74, 6) is 0.0704. The van der Waals surface area contributed by atoms with E-state index in [0.29, 0.717) is 60.4 Å². The van der Waals surface area contributed by atoms with Gasteiger partial charge in [0, 0.05) is 23.1 Å². The third kappa shape index (κ3) is 15.4. The Morgan fingerprint density at radius 2 is 1.10 bits per heavy atom. The number of rotatable bonds is 25. The number of nitrogens with one attached hydrogen (secondary N) is 1. The number of ether oxygens (including phenoxy) is 6. The molecule has 0 bridgehead atoms. The zero-order valence-corrected chi connectivity index (χ0v) is 33.9. The summed E-state index contributed by atoms with van der Waals surface area (Å²) >= 11 is 0. The highest BCUT2D eigenvalue weighted by molar-refractivity contribution is 5.94. The molecule has 5 rings (SSSR count).